The maximum absolute atomic E-state index is 11.0. The molecule has 0 aromatic heterocycles. The summed E-state index contributed by atoms with van der Waals surface area (Å²) in [6.45, 7) is 1.86. The maximum atomic E-state index is 11.0. The molecule has 0 radical (unpaired) electrons. The lowest BCUT2D eigenvalue weighted by molar-refractivity contribution is -0.120. The van der Waals surface area contributed by atoms with E-state index in [1.54, 1.807) is 7.05 Å². The van der Waals surface area contributed by atoms with Crippen LogP contribution in [0.4, 0.5) is 4.79 Å². The van der Waals surface area contributed by atoms with Crippen molar-refractivity contribution in [1.29, 1.82) is 0 Å². The Morgan fingerprint density at radius 3 is 2.83 bits per heavy atom. The Morgan fingerprint density at radius 1 is 1.83 bits per heavy atom. The van der Waals surface area contributed by atoms with Crippen molar-refractivity contribution in [3.8, 4) is 0 Å². The van der Waals surface area contributed by atoms with Gasteiger partial charge in [0.1, 0.15) is 12.1 Å². The monoisotopic (exact) mass is 172 g/mol. The lowest BCUT2D eigenvalue weighted by Crippen LogP contribution is -2.44. The van der Waals surface area contributed by atoms with Crippen LogP contribution >= 0.6 is 0 Å². The van der Waals surface area contributed by atoms with Gasteiger partial charge in [-0.25, -0.2) is 4.79 Å². The van der Waals surface area contributed by atoms with E-state index < -0.39 is 12.1 Å². The van der Waals surface area contributed by atoms with Gasteiger partial charge in [-0.05, 0) is 14.0 Å². The summed E-state index contributed by atoms with van der Waals surface area (Å²) in [6.07, 6.45) is -0.832. The molecule has 1 fully saturated rings. The van der Waals surface area contributed by atoms with Crippen LogP contribution in [0.1, 0.15) is 6.92 Å². The van der Waals surface area contributed by atoms with Gasteiger partial charge < -0.3 is 15.4 Å². The van der Waals surface area contributed by atoms with Gasteiger partial charge >= 0.3 is 6.09 Å². The van der Waals surface area contributed by atoms with Crippen molar-refractivity contribution in [2.45, 2.75) is 19.1 Å². The minimum atomic E-state index is -0.457. The molecule has 5 heteroatoms. The predicted molar refractivity (Wildman–Crippen MR) is 41.8 cm³/mol. The average molecular weight is 172 g/mol. The Kier molecular flexibility index (Phi) is 2.65. The molecule has 0 aliphatic carbocycles. The average Bonchev–Trinajstić information content (AvgIpc) is 2.37. The first-order chi connectivity index (χ1) is 5.65. The summed E-state index contributed by atoms with van der Waals surface area (Å²) in [6, 6.07) is -0.399. The number of alkyl carbamates (subject to hydrolysis) is 1. The van der Waals surface area contributed by atoms with Gasteiger partial charge in [-0.2, -0.15) is 0 Å². The topological polar surface area (TPSA) is 67.4 Å². The number of nitrogens with one attached hydrogen (secondary N) is 2. The molecule has 1 aliphatic rings. The number of hydrogen-bond acceptors (Lipinski definition) is 4. The number of ketones is 1. The van der Waals surface area contributed by atoms with E-state index in [2.05, 4.69) is 10.6 Å². The van der Waals surface area contributed by atoms with Crippen molar-refractivity contribution < 1.29 is 14.3 Å². The van der Waals surface area contributed by atoms with E-state index in [4.69, 9.17) is 4.74 Å². The maximum Gasteiger partial charge on any atom is 0.407 e. The third-order valence-corrected chi connectivity index (χ3v) is 1.83. The van der Waals surface area contributed by atoms with Crippen molar-refractivity contribution >= 4 is 11.9 Å². The highest BCUT2D eigenvalue weighted by molar-refractivity contribution is 5.83. The number of amides is 1. The number of Topliss-reactive ketones (excluding diaryl/α,β-unsaturated/α-hetero) is 1. The van der Waals surface area contributed by atoms with Gasteiger partial charge in [0, 0.05) is 0 Å². The van der Waals surface area contributed by atoms with Gasteiger partial charge in [-0.3, -0.25) is 4.79 Å². The van der Waals surface area contributed by atoms with Crippen molar-refractivity contribution in [3.05, 3.63) is 0 Å². The van der Waals surface area contributed by atoms with Crippen molar-refractivity contribution in [1.82, 2.24) is 10.6 Å². The van der Waals surface area contributed by atoms with Crippen LogP contribution in [0.5, 0.6) is 0 Å². The molecule has 1 unspecified atom stereocenters. The number of rotatable bonds is 3. The number of ether oxygens (including phenoxy) is 1. The highest BCUT2D eigenvalue weighted by Crippen LogP contribution is 2.05. The first-order valence-electron chi connectivity index (χ1n) is 3.77. The van der Waals surface area contributed by atoms with Crippen LogP contribution < -0.4 is 10.6 Å². The molecule has 68 valence electrons. The predicted octanol–water partition coefficient (Wildman–Crippen LogP) is -0.728. The SMILES string of the molecule is CN[C@H](C(C)=O)C1CNC(=O)O1. The highest BCUT2D eigenvalue weighted by atomic mass is 16.6. The van der Waals surface area contributed by atoms with Gasteiger partial charge in [0.05, 0.1) is 6.54 Å². The lowest BCUT2D eigenvalue weighted by Gasteiger charge is -2.17. The summed E-state index contributed by atoms with van der Waals surface area (Å²) in [5, 5.41) is 5.28. The standard InChI is InChI=1S/C7H12N2O3/c1-4(10)6(8-2)5-3-9-7(11)12-5/h5-6,8H,3H2,1-2H3,(H,9,11)/t5?,6-/m1/s1. The minimum absolute atomic E-state index is 0.0287. The molecule has 1 heterocycles. The number of cyclic esters (lactones) is 1. The Hall–Kier alpha value is -1.10. The Morgan fingerprint density at radius 2 is 2.50 bits per heavy atom. The molecule has 5 nitrogen and oxygen atoms in total. The molecule has 0 spiro atoms. The molecule has 1 amide bonds. The number of hydrogen-bond donors (Lipinski definition) is 2. The van der Waals surface area contributed by atoms with Crippen LogP contribution in [0.15, 0.2) is 0 Å². The zero-order valence-corrected chi connectivity index (χ0v) is 7.09. The summed E-state index contributed by atoms with van der Waals surface area (Å²) < 4.78 is 4.84. The summed E-state index contributed by atoms with van der Waals surface area (Å²) in [5.74, 6) is -0.0287. The zero-order valence-electron chi connectivity index (χ0n) is 7.09. The highest BCUT2D eigenvalue weighted by Gasteiger charge is 2.32. The fourth-order valence-electron chi connectivity index (χ4n) is 1.24. The van der Waals surface area contributed by atoms with Crippen molar-refractivity contribution in [2.24, 2.45) is 0 Å². The Labute approximate surface area is 70.5 Å². The smallest absolute Gasteiger partial charge is 0.407 e. The molecular weight excluding hydrogens is 160 g/mol. The number of carbonyl (C=O) groups is 2. The van der Waals surface area contributed by atoms with E-state index in [0.717, 1.165) is 0 Å². The van der Waals surface area contributed by atoms with E-state index in [1.807, 2.05) is 0 Å². The van der Waals surface area contributed by atoms with Crippen molar-refractivity contribution in [2.75, 3.05) is 13.6 Å². The molecular formula is C7H12N2O3. The second-order valence-corrected chi connectivity index (χ2v) is 2.70. The van der Waals surface area contributed by atoms with Gasteiger partial charge in [-0.15, -0.1) is 0 Å². The zero-order chi connectivity index (χ0) is 9.14. The first-order valence-corrected chi connectivity index (χ1v) is 3.77. The van der Waals surface area contributed by atoms with Gasteiger partial charge in [-0.1, -0.05) is 0 Å². The van der Waals surface area contributed by atoms with Gasteiger partial charge in [0.2, 0.25) is 0 Å². The van der Waals surface area contributed by atoms with Crippen LogP contribution in [0, 0.1) is 0 Å². The first kappa shape index (κ1) is 8.99. The Balaban J connectivity index is 2.55. The molecule has 12 heavy (non-hydrogen) atoms. The molecule has 1 saturated heterocycles. The van der Waals surface area contributed by atoms with Crippen LogP contribution in [0.2, 0.25) is 0 Å². The fraction of sp³-hybridized carbons (Fsp3) is 0.714. The fourth-order valence-corrected chi connectivity index (χ4v) is 1.24. The summed E-state index contributed by atoms with van der Waals surface area (Å²) in [4.78, 5) is 21.6. The normalized spacial score (nSPS) is 24.5. The molecule has 0 aromatic carbocycles. The summed E-state index contributed by atoms with van der Waals surface area (Å²) in [5.41, 5.74) is 0. The van der Waals surface area contributed by atoms with E-state index in [0.29, 0.717) is 6.54 Å². The van der Waals surface area contributed by atoms with E-state index in [9.17, 15) is 9.59 Å². The third-order valence-electron chi connectivity index (χ3n) is 1.83. The third kappa shape index (κ3) is 1.73. The quantitative estimate of drug-likeness (QED) is 0.589. The summed E-state index contributed by atoms with van der Waals surface area (Å²) in [7, 11) is 1.66. The second kappa shape index (κ2) is 3.53. The van der Waals surface area contributed by atoms with Crippen LogP contribution in [0.3, 0.4) is 0 Å². The Bertz CT molecular complexity index is 205. The number of carbonyl (C=O) groups excluding carboxylic acids is 2. The summed E-state index contributed by atoms with van der Waals surface area (Å²) >= 11 is 0. The van der Waals surface area contributed by atoms with Crippen LogP contribution in [-0.2, 0) is 9.53 Å². The van der Waals surface area contributed by atoms with Gasteiger partial charge in [0.15, 0.2) is 5.78 Å². The van der Waals surface area contributed by atoms with Crippen LogP contribution in [0.25, 0.3) is 0 Å². The minimum Gasteiger partial charge on any atom is -0.442 e. The largest absolute Gasteiger partial charge is 0.442 e. The lowest BCUT2D eigenvalue weighted by atomic mass is 10.1. The molecule has 0 aromatic rings. The molecule has 2 atom stereocenters. The van der Waals surface area contributed by atoms with E-state index in [1.165, 1.54) is 6.92 Å². The van der Waals surface area contributed by atoms with E-state index in [-0.39, 0.29) is 11.9 Å². The molecule has 1 rings (SSSR count). The van der Waals surface area contributed by atoms with Crippen LogP contribution in [-0.4, -0.2) is 37.6 Å². The molecule has 2 N–H and O–H groups in total. The van der Waals surface area contributed by atoms with Crippen molar-refractivity contribution in [3.63, 3.8) is 0 Å². The molecule has 1 aliphatic heterocycles. The van der Waals surface area contributed by atoms with Gasteiger partial charge in [0.25, 0.3) is 0 Å². The second-order valence-electron chi connectivity index (χ2n) is 2.70. The molecule has 0 bridgehead atoms. The number of likely N-dealkylation sites (N-methyl/N-ethyl adjacent to an activating group) is 1. The van der Waals surface area contributed by atoms with E-state index >= 15 is 0 Å². The molecule has 0 saturated carbocycles.